The predicted octanol–water partition coefficient (Wildman–Crippen LogP) is 5.16. The number of aromatic nitrogens is 1. The zero-order chi connectivity index (χ0) is 13.0. The predicted molar refractivity (Wildman–Crippen MR) is 82.9 cm³/mol. The Morgan fingerprint density at radius 3 is 2.56 bits per heavy atom. The molecule has 1 aromatic heterocycles. The molecule has 94 valence electrons. The fraction of sp³-hybridized carbons (Fsp3) is 0.267. The van der Waals surface area contributed by atoms with Crippen LogP contribution >= 0.6 is 31.9 Å². The molecule has 0 aliphatic carbocycles. The molecule has 2 unspecified atom stereocenters. The SMILES string of the molecule is CC(Cc1cncc(Br)c1)C(Br)c1ccccc1. The van der Waals surface area contributed by atoms with Crippen LogP contribution in [0.4, 0.5) is 0 Å². The molecular weight excluding hydrogens is 354 g/mol. The first-order valence-corrected chi connectivity index (χ1v) is 7.66. The Labute approximate surface area is 125 Å². The van der Waals surface area contributed by atoms with E-state index in [2.05, 4.69) is 74.1 Å². The molecular formula is C15H15Br2N. The van der Waals surface area contributed by atoms with Gasteiger partial charge in [-0.25, -0.2) is 0 Å². The van der Waals surface area contributed by atoms with Crippen molar-refractivity contribution in [2.45, 2.75) is 18.2 Å². The van der Waals surface area contributed by atoms with Crippen LogP contribution < -0.4 is 0 Å². The lowest BCUT2D eigenvalue weighted by atomic mass is 9.95. The average molecular weight is 369 g/mol. The third kappa shape index (κ3) is 3.66. The third-order valence-electron chi connectivity index (χ3n) is 2.94. The van der Waals surface area contributed by atoms with Crippen molar-refractivity contribution >= 4 is 31.9 Å². The molecule has 0 aliphatic rings. The van der Waals surface area contributed by atoms with Crippen LogP contribution in [0.2, 0.25) is 0 Å². The molecule has 0 spiro atoms. The summed E-state index contributed by atoms with van der Waals surface area (Å²) in [7, 11) is 0. The molecule has 0 N–H and O–H groups in total. The van der Waals surface area contributed by atoms with Gasteiger partial charge in [-0.1, -0.05) is 53.2 Å². The van der Waals surface area contributed by atoms with Crippen molar-refractivity contribution in [1.82, 2.24) is 4.98 Å². The number of hydrogen-bond donors (Lipinski definition) is 0. The quantitative estimate of drug-likeness (QED) is 0.679. The highest BCUT2D eigenvalue weighted by Gasteiger charge is 2.16. The van der Waals surface area contributed by atoms with E-state index < -0.39 is 0 Å². The van der Waals surface area contributed by atoms with Gasteiger partial charge >= 0.3 is 0 Å². The highest BCUT2D eigenvalue weighted by atomic mass is 79.9. The lowest BCUT2D eigenvalue weighted by Crippen LogP contribution is -2.07. The molecule has 0 amide bonds. The molecule has 0 aliphatic heterocycles. The molecule has 2 aromatic rings. The van der Waals surface area contributed by atoms with E-state index in [-0.39, 0.29) is 0 Å². The Kier molecular flexibility index (Phi) is 4.95. The van der Waals surface area contributed by atoms with Crippen LogP contribution in [0.3, 0.4) is 0 Å². The zero-order valence-corrected chi connectivity index (χ0v) is 13.4. The summed E-state index contributed by atoms with van der Waals surface area (Å²) in [6.07, 6.45) is 4.76. The smallest absolute Gasteiger partial charge is 0.0424 e. The Balaban J connectivity index is 2.06. The number of hydrogen-bond acceptors (Lipinski definition) is 1. The molecule has 1 nitrogen and oxygen atoms in total. The van der Waals surface area contributed by atoms with E-state index in [0.29, 0.717) is 10.7 Å². The summed E-state index contributed by atoms with van der Waals surface area (Å²) >= 11 is 7.26. The average Bonchev–Trinajstić information content (AvgIpc) is 2.39. The molecule has 1 aromatic carbocycles. The van der Waals surface area contributed by atoms with Crippen molar-refractivity contribution in [2.24, 2.45) is 5.92 Å². The number of rotatable bonds is 4. The van der Waals surface area contributed by atoms with E-state index in [9.17, 15) is 0 Å². The first kappa shape index (κ1) is 13.8. The fourth-order valence-corrected chi connectivity index (χ4v) is 2.91. The van der Waals surface area contributed by atoms with E-state index in [1.807, 2.05) is 18.5 Å². The Hall–Kier alpha value is -0.670. The van der Waals surface area contributed by atoms with Crippen molar-refractivity contribution in [1.29, 1.82) is 0 Å². The normalized spacial score (nSPS) is 14.2. The Morgan fingerprint density at radius 2 is 1.89 bits per heavy atom. The molecule has 0 fully saturated rings. The monoisotopic (exact) mass is 367 g/mol. The highest BCUT2D eigenvalue weighted by Crippen LogP contribution is 2.32. The largest absolute Gasteiger partial charge is 0.263 e. The molecule has 2 rings (SSSR count). The second kappa shape index (κ2) is 6.48. The summed E-state index contributed by atoms with van der Waals surface area (Å²) in [5.74, 6) is 0.517. The van der Waals surface area contributed by atoms with Crippen LogP contribution in [0.15, 0.2) is 53.3 Å². The molecule has 0 bridgehead atoms. The number of alkyl halides is 1. The van der Waals surface area contributed by atoms with Crippen molar-refractivity contribution in [2.75, 3.05) is 0 Å². The minimum atomic E-state index is 0.373. The first-order chi connectivity index (χ1) is 8.66. The third-order valence-corrected chi connectivity index (χ3v) is 4.80. The van der Waals surface area contributed by atoms with E-state index in [1.165, 1.54) is 11.1 Å². The van der Waals surface area contributed by atoms with Gasteiger partial charge in [0.15, 0.2) is 0 Å². The highest BCUT2D eigenvalue weighted by molar-refractivity contribution is 9.10. The van der Waals surface area contributed by atoms with Crippen molar-refractivity contribution < 1.29 is 0 Å². The standard InChI is InChI=1S/C15H15Br2N/c1-11(7-12-8-14(16)10-18-9-12)15(17)13-5-3-2-4-6-13/h2-6,8-11,15H,7H2,1H3. The van der Waals surface area contributed by atoms with Gasteiger partial charge in [-0.05, 0) is 45.5 Å². The lowest BCUT2D eigenvalue weighted by molar-refractivity contribution is 0.571. The van der Waals surface area contributed by atoms with Gasteiger partial charge in [-0.2, -0.15) is 0 Å². The van der Waals surface area contributed by atoms with Crippen LogP contribution in [0.5, 0.6) is 0 Å². The van der Waals surface area contributed by atoms with E-state index in [0.717, 1.165) is 10.9 Å². The van der Waals surface area contributed by atoms with Crippen LogP contribution in [0.1, 0.15) is 22.9 Å². The Bertz CT molecular complexity index is 499. The summed E-state index contributed by atoms with van der Waals surface area (Å²) in [5.41, 5.74) is 2.59. The maximum atomic E-state index is 4.21. The lowest BCUT2D eigenvalue weighted by Gasteiger charge is -2.18. The van der Waals surface area contributed by atoms with Crippen LogP contribution in [0.25, 0.3) is 0 Å². The second-order valence-electron chi connectivity index (χ2n) is 4.51. The van der Waals surface area contributed by atoms with Gasteiger partial charge in [0.05, 0.1) is 0 Å². The number of benzene rings is 1. The van der Waals surface area contributed by atoms with Gasteiger partial charge in [0.2, 0.25) is 0 Å². The van der Waals surface area contributed by atoms with Crippen LogP contribution in [-0.4, -0.2) is 4.98 Å². The second-order valence-corrected chi connectivity index (χ2v) is 6.41. The van der Waals surface area contributed by atoms with Gasteiger partial charge in [0.1, 0.15) is 0 Å². The number of nitrogens with zero attached hydrogens (tertiary/aromatic N) is 1. The molecule has 0 radical (unpaired) electrons. The van der Waals surface area contributed by atoms with Crippen molar-refractivity contribution in [3.8, 4) is 0 Å². The van der Waals surface area contributed by atoms with Gasteiger partial charge in [-0.15, -0.1) is 0 Å². The molecule has 3 heteroatoms. The summed E-state index contributed by atoms with van der Waals surface area (Å²) in [6, 6.07) is 12.7. The minimum Gasteiger partial charge on any atom is -0.263 e. The van der Waals surface area contributed by atoms with E-state index in [4.69, 9.17) is 0 Å². The molecule has 0 saturated heterocycles. The van der Waals surface area contributed by atoms with Crippen molar-refractivity contribution in [3.05, 3.63) is 64.4 Å². The maximum absolute atomic E-state index is 4.21. The molecule has 18 heavy (non-hydrogen) atoms. The molecule has 1 heterocycles. The van der Waals surface area contributed by atoms with Gasteiger partial charge in [0, 0.05) is 21.7 Å². The van der Waals surface area contributed by atoms with Crippen molar-refractivity contribution in [3.63, 3.8) is 0 Å². The molecule has 2 atom stereocenters. The van der Waals surface area contributed by atoms with E-state index >= 15 is 0 Å². The van der Waals surface area contributed by atoms with Gasteiger partial charge in [0.25, 0.3) is 0 Å². The number of pyridine rings is 1. The summed E-state index contributed by atoms with van der Waals surface area (Å²) in [6.45, 7) is 2.26. The summed E-state index contributed by atoms with van der Waals surface area (Å²) in [5, 5.41) is 0. The Morgan fingerprint density at radius 1 is 1.17 bits per heavy atom. The number of halogens is 2. The zero-order valence-electron chi connectivity index (χ0n) is 10.2. The van der Waals surface area contributed by atoms with Crippen LogP contribution in [-0.2, 0) is 6.42 Å². The summed E-state index contributed by atoms with van der Waals surface area (Å²) < 4.78 is 1.04. The topological polar surface area (TPSA) is 12.9 Å². The minimum absolute atomic E-state index is 0.373. The fourth-order valence-electron chi connectivity index (χ4n) is 2.01. The molecule has 0 saturated carbocycles. The van der Waals surface area contributed by atoms with Gasteiger partial charge in [-0.3, -0.25) is 4.98 Å². The maximum Gasteiger partial charge on any atom is 0.0424 e. The van der Waals surface area contributed by atoms with E-state index in [1.54, 1.807) is 0 Å². The van der Waals surface area contributed by atoms with Crippen LogP contribution in [0, 0.1) is 5.92 Å². The first-order valence-electron chi connectivity index (χ1n) is 5.95. The summed E-state index contributed by atoms with van der Waals surface area (Å²) in [4.78, 5) is 4.58. The van der Waals surface area contributed by atoms with Gasteiger partial charge < -0.3 is 0 Å².